The molecule has 3 aromatic rings. The Labute approximate surface area is 168 Å². The number of rotatable bonds is 5. The summed E-state index contributed by atoms with van der Waals surface area (Å²) in [5, 5.41) is 15.1. The van der Waals surface area contributed by atoms with E-state index < -0.39 is 0 Å². The smallest absolute Gasteiger partial charge is 0.256 e. The highest BCUT2D eigenvalue weighted by atomic mass is 16.1. The van der Waals surface area contributed by atoms with E-state index in [1.165, 1.54) is 6.92 Å². The molecule has 0 atom stereocenters. The van der Waals surface area contributed by atoms with E-state index in [2.05, 4.69) is 26.7 Å². The molecule has 0 bridgehead atoms. The zero-order valence-electron chi connectivity index (χ0n) is 16.4. The molecule has 0 spiro atoms. The van der Waals surface area contributed by atoms with E-state index in [0.717, 1.165) is 17.1 Å². The molecule has 0 unspecified atom stereocenters. The summed E-state index contributed by atoms with van der Waals surface area (Å²) in [6.07, 6.45) is 1.59. The van der Waals surface area contributed by atoms with E-state index in [4.69, 9.17) is 5.26 Å². The van der Waals surface area contributed by atoms with Crippen LogP contribution in [0.2, 0.25) is 0 Å². The summed E-state index contributed by atoms with van der Waals surface area (Å²) in [6.45, 7) is 5.39. The third-order valence-electron chi connectivity index (χ3n) is 4.29. The maximum atomic E-state index is 12.7. The number of benzene rings is 1. The molecule has 3 rings (SSSR count). The molecule has 2 aromatic heterocycles. The lowest BCUT2D eigenvalue weighted by Gasteiger charge is -2.16. The highest BCUT2D eigenvalue weighted by molar-refractivity contribution is 5.88. The first kappa shape index (κ1) is 19.8. The first-order valence-electron chi connectivity index (χ1n) is 9.16. The van der Waals surface area contributed by atoms with Crippen molar-refractivity contribution in [2.45, 2.75) is 26.7 Å². The van der Waals surface area contributed by atoms with Crippen LogP contribution in [0.4, 0.5) is 17.2 Å². The van der Waals surface area contributed by atoms with Crippen LogP contribution in [-0.4, -0.2) is 15.9 Å². The molecular formula is C22H21N5O2. The second kappa shape index (κ2) is 8.40. The van der Waals surface area contributed by atoms with Gasteiger partial charge in [0.05, 0.1) is 17.3 Å². The normalized spacial score (nSPS) is 10.4. The first-order valence-corrected chi connectivity index (χ1v) is 9.16. The van der Waals surface area contributed by atoms with Gasteiger partial charge < -0.3 is 15.6 Å². The number of aromatic nitrogens is 2. The fourth-order valence-electron chi connectivity index (χ4n) is 2.99. The van der Waals surface area contributed by atoms with Crippen LogP contribution in [0.25, 0.3) is 11.1 Å². The van der Waals surface area contributed by atoms with Crippen molar-refractivity contribution in [3.05, 3.63) is 70.3 Å². The molecule has 2 heterocycles. The molecule has 1 aromatic carbocycles. The minimum atomic E-state index is -0.219. The van der Waals surface area contributed by atoms with E-state index in [9.17, 15) is 9.59 Å². The molecule has 29 heavy (non-hydrogen) atoms. The molecule has 0 aliphatic rings. The second-order valence-electron chi connectivity index (χ2n) is 6.92. The average Bonchev–Trinajstić information content (AvgIpc) is 2.68. The molecule has 0 saturated heterocycles. The van der Waals surface area contributed by atoms with Gasteiger partial charge in [0.15, 0.2) is 0 Å². The lowest BCUT2D eigenvalue weighted by Crippen LogP contribution is -2.15. The van der Waals surface area contributed by atoms with Gasteiger partial charge >= 0.3 is 0 Å². The van der Waals surface area contributed by atoms with Gasteiger partial charge in [0.1, 0.15) is 5.82 Å². The SMILES string of the molecule is CC(=O)Nc1cc(Nc2cc(-c3cccc(C#N)c3)c(=O)[nH]c2C(C)C)ccn1. The maximum absolute atomic E-state index is 12.7. The van der Waals surface area contributed by atoms with Crippen molar-refractivity contribution >= 4 is 23.1 Å². The number of aromatic amines is 1. The van der Waals surface area contributed by atoms with E-state index >= 15 is 0 Å². The molecule has 1 amide bonds. The molecule has 0 aliphatic carbocycles. The standard InChI is InChI=1S/C22H21N5O2/c1-13(2)21-19(26-17-7-8-24-20(10-17)25-14(3)28)11-18(22(29)27-21)16-6-4-5-15(9-16)12-23/h4-11,13H,1-3H3,(H,27,29)(H2,24,25,26,28). The monoisotopic (exact) mass is 387 g/mol. The first-order chi connectivity index (χ1) is 13.9. The van der Waals surface area contributed by atoms with Crippen LogP contribution in [-0.2, 0) is 4.79 Å². The van der Waals surface area contributed by atoms with Crippen LogP contribution in [0.1, 0.15) is 37.9 Å². The Morgan fingerprint density at radius 3 is 2.69 bits per heavy atom. The molecule has 0 saturated carbocycles. The van der Waals surface area contributed by atoms with Crippen LogP contribution in [0.5, 0.6) is 0 Å². The summed E-state index contributed by atoms with van der Waals surface area (Å²) in [5.41, 5.74) is 3.60. The van der Waals surface area contributed by atoms with Gasteiger partial charge in [-0.15, -0.1) is 0 Å². The zero-order chi connectivity index (χ0) is 21.0. The fourth-order valence-corrected chi connectivity index (χ4v) is 2.99. The lowest BCUT2D eigenvalue weighted by atomic mass is 10.0. The number of nitrogens with zero attached hydrogens (tertiary/aromatic N) is 2. The zero-order valence-corrected chi connectivity index (χ0v) is 16.4. The van der Waals surface area contributed by atoms with Crippen molar-refractivity contribution in [3.8, 4) is 17.2 Å². The summed E-state index contributed by atoms with van der Waals surface area (Å²) in [4.78, 5) is 31.1. The molecular weight excluding hydrogens is 366 g/mol. The van der Waals surface area contributed by atoms with Crippen LogP contribution in [0.3, 0.4) is 0 Å². The van der Waals surface area contributed by atoms with E-state index in [0.29, 0.717) is 22.5 Å². The molecule has 0 radical (unpaired) electrons. The highest BCUT2D eigenvalue weighted by Gasteiger charge is 2.14. The number of nitriles is 1. The summed E-state index contributed by atoms with van der Waals surface area (Å²) in [7, 11) is 0. The Morgan fingerprint density at radius 1 is 1.21 bits per heavy atom. The minimum Gasteiger partial charge on any atom is -0.354 e. The Morgan fingerprint density at radius 2 is 2.00 bits per heavy atom. The second-order valence-corrected chi connectivity index (χ2v) is 6.92. The predicted molar refractivity (Wildman–Crippen MR) is 113 cm³/mol. The van der Waals surface area contributed by atoms with Crippen molar-refractivity contribution in [3.63, 3.8) is 0 Å². The van der Waals surface area contributed by atoms with Crippen molar-refractivity contribution < 1.29 is 4.79 Å². The number of anilines is 3. The van der Waals surface area contributed by atoms with E-state index in [1.807, 2.05) is 13.8 Å². The fraction of sp³-hybridized carbons (Fsp3) is 0.182. The molecule has 0 fully saturated rings. The molecule has 146 valence electrons. The van der Waals surface area contributed by atoms with Crippen molar-refractivity contribution in [2.24, 2.45) is 0 Å². The average molecular weight is 387 g/mol. The lowest BCUT2D eigenvalue weighted by molar-refractivity contribution is -0.114. The maximum Gasteiger partial charge on any atom is 0.256 e. The van der Waals surface area contributed by atoms with Gasteiger partial charge in [-0.05, 0) is 35.7 Å². The van der Waals surface area contributed by atoms with Crippen molar-refractivity contribution in [1.82, 2.24) is 9.97 Å². The van der Waals surface area contributed by atoms with Gasteiger partial charge in [0.2, 0.25) is 5.91 Å². The molecule has 7 heteroatoms. The number of H-pyrrole nitrogens is 1. The number of hydrogen-bond donors (Lipinski definition) is 3. The van der Waals surface area contributed by atoms with Crippen LogP contribution in [0, 0.1) is 11.3 Å². The Bertz CT molecular complexity index is 1160. The minimum absolute atomic E-state index is 0.0707. The van der Waals surface area contributed by atoms with Crippen LogP contribution in [0.15, 0.2) is 53.5 Å². The summed E-state index contributed by atoms with van der Waals surface area (Å²) in [6, 6.07) is 14.3. The van der Waals surface area contributed by atoms with Gasteiger partial charge in [-0.3, -0.25) is 9.59 Å². The number of pyridine rings is 2. The number of hydrogen-bond acceptors (Lipinski definition) is 5. The molecule has 0 aliphatic heterocycles. The van der Waals surface area contributed by atoms with Gasteiger partial charge in [0, 0.05) is 36.1 Å². The van der Waals surface area contributed by atoms with Crippen molar-refractivity contribution in [2.75, 3.05) is 10.6 Å². The summed E-state index contributed by atoms with van der Waals surface area (Å²) >= 11 is 0. The van der Waals surface area contributed by atoms with Gasteiger partial charge in [-0.1, -0.05) is 26.0 Å². The quantitative estimate of drug-likeness (QED) is 0.609. The topological polar surface area (TPSA) is 111 Å². The molecule has 7 nitrogen and oxygen atoms in total. The Hall–Kier alpha value is -3.92. The van der Waals surface area contributed by atoms with Gasteiger partial charge in [-0.2, -0.15) is 5.26 Å². The largest absolute Gasteiger partial charge is 0.354 e. The highest BCUT2D eigenvalue weighted by Crippen LogP contribution is 2.29. The number of nitrogens with one attached hydrogen (secondary N) is 3. The van der Waals surface area contributed by atoms with E-state index in [-0.39, 0.29) is 17.4 Å². The van der Waals surface area contributed by atoms with Crippen molar-refractivity contribution in [1.29, 1.82) is 5.26 Å². The summed E-state index contributed by atoms with van der Waals surface area (Å²) < 4.78 is 0. The van der Waals surface area contributed by atoms with Gasteiger partial charge in [-0.25, -0.2) is 4.98 Å². The van der Waals surface area contributed by atoms with Crippen LogP contribution >= 0.6 is 0 Å². The van der Waals surface area contributed by atoms with Gasteiger partial charge in [0.25, 0.3) is 5.56 Å². The Balaban J connectivity index is 2.06. The number of carbonyl (C=O) groups excluding carboxylic acids is 1. The third kappa shape index (κ3) is 4.68. The number of carbonyl (C=O) groups is 1. The van der Waals surface area contributed by atoms with Crippen LogP contribution < -0.4 is 16.2 Å². The predicted octanol–water partition coefficient (Wildman–Crippen LogP) is 4.13. The third-order valence-corrected chi connectivity index (χ3v) is 4.29. The number of amides is 1. The summed E-state index contributed by atoms with van der Waals surface area (Å²) in [5.74, 6) is 0.294. The molecule has 3 N–H and O–H groups in total. The van der Waals surface area contributed by atoms with E-state index in [1.54, 1.807) is 48.7 Å². The Kier molecular flexibility index (Phi) is 5.74.